The summed E-state index contributed by atoms with van der Waals surface area (Å²) in [5.41, 5.74) is 2.15. The zero-order valence-electron chi connectivity index (χ0n) is 18.2. The number of rotatable bonds is 7. The number of benzene rings is 1. The van der Waals surface area contributed by atoms with Crippen LogP contribution >= 0.6 is 0 Å². The Bertz CT molecular complexity index is 1010. The molecule has 1 aliphatic heterocycles. The minimum atomic E-state index is 0.222. The molecule has 3 aromatic rings. The van der Waals surface area contributed by atoms with Crippen LogP contribution < -0.4 is 4.74 Å². The quantitative estimate of drug-likeness (QED) is 0.585. The normalized spacial score (nSPS) is 14.6. The van der Waals surface area contributed by atoms with Gasteiger partial charge in [-0.05, 0) is 37.0 Å². The summed E-state index contributed by atoms with van der Waals surface area (Å²) in [5.74, 6) is 3.17. The van der Waals surface area contributed by atoms with Gasteiger partial charge in [-0.25, -0.2) is 9.97 Å². The van der Waals surface area contributed by atoms with E-state index in [1.807, 2.05) is 46.1 Å². The lowest BCUT2D eigenvalue weighted by atomic mass is 9.93. The van der Waals surface area contributed by atoms with Crippen molar-refractivity contribution in [1.29, 1.82) is 0 Å². The molecule has 2 aromatic heterocycles. The molecule has 0 N–H and O–H groups in total. The number of ether oxygens (including phenoxy) is 1. The minimum Gasteiger partial charge on any atom is -0.497 e. The summed E-state index contributed by atoms with van der Waals surface area (Å²) in [6, 6.07) is 7.92. The molecule has 4 rings (SSSR count). The number of methoxy groups -OCH3 is 1. The van der Waals surface area contributed by atoms with E-state index < -0.39 is 0 Å². The van der Waals surface area contributed by atoms with Crippen molar-refractivity contribution in [2.45, 2.75) is 44.9 Å². The summed E-state index contributed by atoms with van der Waals surface area (Å²) in [6.07, 6.45) is 11.3. The third kappa shape index (κ3) is 4.93. The number of aryl methyl sites for hydroxylation is 2. The van der Waals surface area contributed by atoms with Crippen molar-refractivity contribution in [2.24, 2.45) is 0 Å². The van der Waals surface area contributed by atoms with Crippen LogP contribution in [0.4, 0.5) is 0 Å². The standard InChI is InChI=1S/C24H29N5O2/c1-3-22-26-12-15-29(22)23-17-25-16-21(27-23)19-10-13-28(14-11-19)24(30)9-6-18-4-7-20(31-2)8-5-18/h4-5,7-8,12,15-17,19H,3,6,9-11,13-14H2,1-2H3. The first kappa shape index (κ1) is 21.0. The lowest BCUT2D eigenvalue weighted by molar-refractivity contribution is -0.132. The molecule has 162 valence electrons. The van der Waals surface area contributed by atoms with Crippen LogP contribution in [0.1, 0.15) is 49.2 Å². The maximum absolute atomic E-state index is 12.7. The summed E-state index contributed by atoms with van der Waals surface area (Å²) in [5, 5.41) is 0. The molecule has 7 nitrogen and oxygen atoms in total. The van der Waals surface area contributed by atoms with Gasteiger partial charge in [-0.2, -0.15) is 0 Å². The number of likely N-dealkylation sites (tertiary alicyclic amines) is 1. The molecule has 1 aliphatic rings. The lowest BCUT2D eigenvalue weighted by Crippen LogP contribution is -2.38. The summed E-state index contributed by atoms with van der Waals surface area (Å²) in [6.45, 7) is 3.62. The highest BCUT2D eigenvalue weighted by Gasteiger charge is 2.25. The number of hydrogen-bond donors (Lipinski definition) is 0. The van der Waals surface area contributed by atoms with Crippen LogP contribution in [-0.2, 0) is 17.6 Å². The summed E-state index contributed by atoms with van der Waals surface area (Å²) in [7, 11) is 1.66. The van der Waals surface area contributed by atoms with E-state index in [1.165, 1.54) is 0 Å². The van der Waals surface area contributed by atoms with Crippen LogP contribution in [0.15, 0.2) is 49.1 Å². The summed E-state index contributed by atoms with van der Waals surface area (Å²) >= 11 is 0. The molecule has 1 saturated heterocycles. The van der Waals surface area contributed by atoms with E-state index in [9.17, 15) is 4.79 Å². The molecule has 0 aliphatic carbocycles. The number of carbonyl (C=O) groups excluding carboxylic acids is 1. The van der Waals surface area contributed by atoms with Crippen molar-refractivity contribution < 1.29 is 9.53 Å². The molecule has 1 amide bonds. The monoisotopic (exact) mass is 419 g/mol. The van der Waals surface area contributed by atoms with Gasteiger partial charge >= 0.3 is 0 Å². The maximum Gasteiger partial charge on any atom is 0.222 e. The van der Waals surface area contributed by atoms with E-state index in [0.29, 0.717) is 12.3 Å². The van der Waals surface area contributed by atoms with Crippen LogP contribution in [0.3, 0.4) is 0 Å². The van der Waals surface area contributed by atoms with Crippen molar-refractivity contribution >= 4 is 5.91 Å². The van der Waals surface area contributed by atoms with Crippen LogP contribution in [0.2, 0.25) is 0 Å². The predicted molar refractivity (Wildman–Crippen MR) is 118 cm³/mol. The highest BCUT2D eigenvalue weighted by Crippen LogP contribution is 2.27. The molecule has 1 fully saturated rings. The number of nitrogens with zero attached hydrogens (tertiary/aromatic N) is 5. The first-order valence-electron chi connectivity index (χ1n) is 10.9. The molecule has 0 saturated carbocycles. The molecule has 3 heterocycles. The molecule has 0 atom stereocenters. The SMILES string of the molecule is CCc1nccn1-c1cncc(C2CCN(C(=O)CCc3ccc(OC)cc3)CC2)n1. The molecule has 7 heteroatoms. The average molecular weight is 420 g/mol. The Labute approximate surface area is 183 Å². The average Bonchev–Trinajstić information content (AvgIpc) is 3.32. The number of aromatic nitrogens is 4. The molecule has 0 spiro atoms. The maximum atomic E-state index is 12.7. The van der Waals surface area contributed by atoms with E-state index in [1.54, 1.807) is 19.5 Å². The molecule has 0 unspecified atom stereocenters. The number of carbonyl (C=O) groups is 1. The summed E-state index contributed by atoms with van der Waals surface area (Å²) in [4.78, 5) is 28.3. The largest absolute Gasteiger partial charge is 0.497 e. The highest BCUT2D eigenvalue weighted by atomic mass is 16.5. The Morgan fingerprint density at radius 3 is 2.65 bits per heavy atom. The van der Waals surface area contributed by atoms with Crippen LogP contribution in [0, 0.1) is 0 Å². The van der Waals surface area contributed by atoms with Crippen molar-refractivity contribution in [1.82, 2.24) is 24.4 Å². The smallest absolute Gasteiger partial charge is 0.222 e. The van der Waals surface area contributed by atoms with E-state index in [4.69, 9.17) is 9.72 Å². The first-order chi connectivity index (χ1) is 15.2. The van der Waals surface area contributed by atoms with Crippen molar-refractivity contribution in [2.75, 3.05) is 20.2 Å². The van der Waals surface area contributed by atoms with Crippen molar-refractivity contribution in [3.8, 4) is 11.6 Å². The Balaban J connectivity index is 1.32. The third-order valence-corrected chi connectivity index (χ3v) is 5.97. The van der Waals surface area contributed by atoms with Gasteiger partial charge in [0.1, 0.15) is 11.6 Å². The van der Waals surface area contributed by atoms with Gasteiger partial charge in [0.2, 0.25) is 5.91 Å². The second-order valence-corrected chi connectivity index (χ2v) is 7.87. The number of piperidine rings is 1. The number of imidazole rings is 1. The number of hydrogen-bond acceptors (Lipinski definition) is 5. The van der Waals surface area contributed by atoms with Gasteiger partial charge in [0, 0.05) is 50.4 Å². The Morgan fingerprint density at radius 1 is 1.16 bits per heavy atom. The molecular weight excluding hydrogens is 390 g/mol. The van der Waals surface area contributed by atoms with Crippen molar-refractivity contribution in [3.63, 3.8) is 0 Å². The zero-order chi connectivity index (χ0) is 21.6. The lowest BCUT2D eigenvalue weighted by Gasteiger charge is -2.32. The molecular formula is C24H29N5O2. The molecule has 1 aromatic carbocycles. The zero-order valence-corrected chi connectivity index (χ0v) is 18.2. The Hall–Kier alpha value is -3.22. The van der Waals surface area contributed by atoms with Gasteiger partial charge in [-0.15, -0.1) is 0 Å². The Kier molecular flexibility index (Phi) is 6.60. The van der Waals surface area contributed by atoms with Gasteiger partial charge in [-0.3, -0.25) is 14.3 Å². The van der Waals surface area contributed by atoms with Gasteiger partial charge in [-0.1, -0.05) is 19.1 Å². The first-order valence-corrected chi connectivity index (χ1v) is 10.9. The molecule has 0 bridgehead atoms. The highest BCUT2D eigenvalue weighted by molar-refractivity contribution is 5.76. The predicted octanol–water partition coefficient (Wildman–Crippen LogP) is 3.57. The van der Waals surface area contributed by atoms with Crippen LogP contribution in [0.25, 0.3) is 5.82 Å². The van der Waals surface area contributed by atoms with Crippen LogP contribution in [-0.4, -0.2) is 50.5 Å². The second kappa shape index (κ2) is 9.73. The second-order valence-electron chi connectivity index (χ2n) is 7.87. The van der Waals surface area contributed by atoms with E-state index in [-0.39, 0.29) is 5.91 Å². The molecule has 31 heavy (non-hydrogen) atoms. The fraction of sp³-hybridized carbons (Fsp3) is 0.417. The number of amides is 1. The minimum absolute atomic E-state index is 0.222. The topological polar surface area (TPSA) is 73.1 Å². The van der Waals surface area contributed by atoms with Gasteiger partial charge in [0.15, 0.2) is 5.82 Å². The fourth-order valence-electron chi connectivity index (χ4n) is 4.11. The summed E-state index contributed by atoms with van der Waals surface area (Å²) < 4.78 is 7.18. The Morgan fingerprint density at radius 2 is 1.94 bits per heavy atom. The van der Waals surface area contributed by atoms with Gasteiger partial charge in [0.25, 0.3) is 0 Å². The van der Waals surface area contributed by atoms with Gasteiger partial charge in [0.05, 0.1) is 19.0 Å². The van der Waals surface area contributed by atoms with E-state index in [0.717, 1.165) is 67.4 Å². The third-order valence-electron chi connectivity index (χ3n) is 5.97. The van der Waals surface area contributed by atoms with E-state index >= 15 is 0 Å². The van der Waals surface area contributed by atoms with Gasteiger partial charge < -0.3 is 9.64 Å². The van der Waals surface area contributed by atoms with Crippen LogP contribution in [0.5, 0.6) is 5.75 Å². The fourth-order valence-corrected chi connectivity index (χ4v) is 4.11. The van der Waals surface area contributed by atoms with Crippen molar-refractivity contribution in [3.05, 3.63) is 66.1 Å². The molecule has 0 radical (unpaired) electrons. The van der Waals surface area contributed by atoms with E-state index in [2.05, 4.69) is 16.9 Å².